The Bertz CT molecular complexity index is 269. The maximum Gasteiger partial charge on any atom is 0.161 e. The molecule has 0 atom stereocenters. The zero-order chi connectivity index (χ0) is 8.10. The maximum atomic E-state index is 10.1. The van der Waals surface area contributed by atoms with Crippen molar-refractivity contribution in [3.8, 4) is 0 Å². The molecule has 0 saturated heterocycles. The standard InChI is InChI=1S/C8H6ClNO/c9-7(6-11)5-8-3-1-2-4-10-8/h1-6H/b7-5+. The van der Waals surface area contributed by atoms with E-state index < -0.39 is 0 Å². The van der Waals surface area contributed by atoms with E-state index in [2.05, 4.69) is 4.98 Å². The number of pyridine rings is 1. The Kier molecular flexibility index (Phi) is 2.81. The van der Waals surface area contributed by atoms with Crippen molar-refractivity contribution in [3.05, 3.63) is 35.1 Å². The molecular weight excluding hydrogens is 162 g/mol. The summed E-state index contributed by atoms with van der Waals surface area (Å²) in [7, 11) is 0. The predicted molar refractivity (Wildman–Crippen MR) is 44.1 cm³/mol. The maximum absolute atomic E-state index is 10.1. The van der Waals surface area contributed by atoms with Gasteiger partial charge in [0.2, 0.25) is 0 Å². The third-order valence-corrected chi connectivity index (χ3v) is 1.28. The van der Waals surface area contributed by atoms with E-state index in [0.29, 0.717) is 12.0 Å². The van der Waals surface area contributed by atoms with E-state index in [0.717, 1.165) is 0 Å². The van der Waals surface area contributed by atoms with Crippen molar-refractivity contribution in [2.45, 2.75) is 0 Å². The van der Waals surface area contributed by atoms with Crippen LogP contribution in [0.1, 0.15) is 5.69 Å². The summed E-state index contributed by atoms with van der Waals surface area (Å²) in [6.07, 6.45) is 3.73. The van der Waals surface area contributed by atoms with Crippen molar-refractivity contribution < 1.29 is 4.79 Å². The largest absolute Gasteiger partial charge is 0.297 e. The molecule has 0 aliphatic carbocycles. The molecule has 0 unspecified atom stereocenters. The van der Waals surface area contributed by atoms with Crippen LogP contribution in [-0.2, 0) is 4.79 Å². The van der Waals surface area contributed by atoms with E-state index in [9.17, 15) is 4.79 Å². The molecule has 2 nitrogen and oxygen atoms in total. The zero-order valence-electron chi connectivity index (χ0n) is 5.70. The minimum atomic E-state index is 0.156. The third kappa shape index (κ3) is 2.51. The summed E-state index contributed by atoms with van der Waals surface area (Å²) < 4.78 is 0. The van der Waals surface area contributed by atoms with Crippen molar-refractivity contribution >= 4 is 24.0 Å². The zero-order valence-corrected chi connectivity index (χ0v) is 6.45. The highest BCUT2D eigenvalue weighted by Crippen LogP contribution is 2.04. The summed E-state index contributed by atoms with van der Waals surface area (Å²) in [6, 6.07) is 5.39. The molecule has 1 aromatic rings. The van der Waals surface area contributed by atoms with Crippen molar-refractivity contribution in [3.63, 3.8) is 0 Å². The van der Waals surface area contributed by atoms with Gasteiger partial charge in [-0.3, -0.25) is 9.78 Å². The van der Waals surface area contributed by atoms with Gasteiger partial charge in [0.25, 0.3) is 0 Å². The van der Waals surface area contributed by atoms with Crippen LogP contribution in [0, 0.1) is 0 Å². The first-order valence-electron chi connectivity index (χ1n) is 3.06. The predicted octanol–water partition coefficient (Wildman–Crippen LogP) is 1.86. The Hall–Kier alpha value is -1.15. The molecule has 3 heteroatoms. The van der Waals surface area contributed by atoms with Crippen LogP contribution in [0.2, 0.25) is 0 Å². The van der Waals surface area contributed by atoms with Crippen LogP contribution in [-0.4, -0.2) is 11.3 Å². The van der Waals surface area contributed by atoms with Crippen molar-refractivity contribution in [2.75, 3.05) is 0 Å². The molecule has 0 N–H and O–H groups in total. The van der Waals surface area contributed by atoms with E-state index >= 15 is 0 Å². The SMILES string of the molecule is O=C/C(Cl)=C\c1ccccn1. The lowest BCUT2D eigenvalue weighted by Crippen LogP contribution is -1.79. The number of aldehydes is 1. The summed E-state index contributed by atoms with van der Waals surface area (Å²) in [5.41, 5.74) is 0.685. The highest BCUT2D eigenvalue weighted by atomic mass is 35.5. The Labute approximate surface area is 69.5 Å². The molecule has 0 saturated carbocycles. The van der Waals surface area contributed by atoms with Gasteiger partial charge in [0.1, 0.15) is 0 Å². The molecule has 0 bridgehead atoms. The molecule has 0 spiro atoms. The van der Waals surface area contributed by atoms with Crippen molar-refractivity contribution in [1.82, 2.24) is 4.98 Å². The molecule has 0 radical (unpaired) electrons. The molecule has 1 heterocycles. The fraction of sp³-hybridized carbons (Fsp3) is 0. The van der Waals surface area contributed by atoms with Crippen molar-refractivity contribution in [1.29, 1.82) is 0 Å². The summed E-state index contributed by atoms with van der Waals surface area (Å²) in [6.45, 7) is 0. The van der Waals surface area contributed by atoms with Gasteiger partial charge in [-0.2, -0.15) is 0 Å². The van der Waals surface area contributed by atoms with Gasteiger partial charge in [-0.1, -0.05) is 17.7 Å². The third-order valence-electron chi connectivity index (χ3n) is 1.09. The van der Waals surface area contributed by atoms with Gasteiger partial charge in [-0.25, -0.2) is 0 Å². The normalized spacial score (nSPS) is 11.2. The lowest BCUT2D eigenvalue weighted by atomic mass is 10.3. The Balaban J connectivity index is 2.87. The van der Waals surface area contributed by atoms with E-state index in [-0.39, 0.29) is 5.03 Å². The van der Waals surface area contributed by atoms with Gasteiger partial charge in [0.05, 0.1) is 10.7 Å². The van der Waals surface area contributed by atoms with Gasteiger partial charge in [0, 0.05) is 6.20 Å². The minimum absolute atomic E-state index is 0.156. The quantitative estimate of drug-likeness (QED) is 0.497. The van der Waals surface area contributed by atoms with Crippen LogP contribution in [0.4, 0.5) is 0 Å². The lowest BCUT2D eigenvalue weighted by molar-refractivity contribution is -0.104. The average molecular weight is 168 g/mol. The highest BCUT2D eigenvalue weighted by molar-refractivity contribution is 6.40. The highest BCUT2D eigenvalue weighted by Gasteiger charge is 1.89. The molecule has 0 aromatic carbocycles. The summed E-state index contributed by atoms with van der Waals surface area (Å²) in [4.78, 5) is 14.0. The first-order chi connectivity index (χ1) is 5.33. The number of rotatable bonds is 2. The first-order valence-corrected chi connectivity index (χ1v) is 3.44. The molecule has 1 aromatic heterocycles. The minimum Gasteiger partial charge on any atom is -0.297 e. The Morgan fingerprint density at radius 3 is 2.91 bits per heavy atom. The van der Waals surface area contributed by atoms with Crippen LogP contribution < -0.4 is 0 Å². The number of nitrogens with zero attached hydrogens (tertiary/aromatic N) is 1. The van der Waals surface area contributed by atoms with Gasteiger partial charge in [-0.15, -0.1) is 0 Å². The summed E-state index contributed by atoms with van der Waals surface area (Å²) in [5.74, 6) is 0. The molecular formula is C8H6ClNO. The molecule has 0 aliphatic heterocycles. The Morgan fingerprint density at radius 1 is 1.55 bits per heavy atom. The first kappa shape index (κ1) is 7.95. The number of hydrogen-bond donors (Lipinski definition) is 0. The number of hydrogen-bond acceptors (Lipinski definition) is 2. The van der Waals surface area contributed by atoms with E-state index in [1.54, 1.807) is 18.3 Å². The van der Waals surface area contributed by atoms with Gasteiger partial charge < -0.3 is 0 Å². The van der Waals surface area contributed by atoms with Crippen LogP contribution in [0.3, 0.4) is 0 Å². The second-order valence-electron chi connectivity index (χ2n) is 1.90. The second kappa shape index (κ2) is 3.88. The van der Waals surface area contributed by atoms with Crippen LogP contribution in [0.15, 0.2) is 29.4 Å². The van der Waals surface area contributed by atoms with Crippen LogP contribution >= 0.6 is 11.6 Å². The lowest BCUT2D eigenvalue weighted by Gasteiger charge is -1.88. The number of aromatic nitrogens is 1. The smallest absolute Gasteiger partial charge is 0.161 e. The summed E-state index contributed by atoms with van der Waals surface area (Å²) in [5, 5.41) is 0.156. The topological polar surface area (TPSA) is 30.0 Å². The number of carbonyl (C=O) groups is 1. The molecule has 56 valence electrons. The molecule has 0 fully saturated rings. The van der Waals surface area contributed by atoms with E-state index in [4.69, 9.17) is 11.6 Å². The number of carbonyl (C=O) groups excluding carboxylic acids is 1. The molecule has 0 aliphatic rings. The van der Waals surface area contributed by atoms with Gasteiger partial charge >= 0.3 is 0 Å². The number of halogens is 1. The molecule has 0 amide bonds. The fourth-order valence-electron chi connectivity index (χ4n) is 0.637. The summed E-state index contributed by atoms with van der Waals surface area (Å²) >= 11 is 5.45. The monoisotopic (exact) mass is 167 g/mol. The van der Waals surface area contributed by atoms with Gasteiger partial charge in [-0.05, 0) is 18.2 Å². The van der Waals surface area contributed by atoms with Gasteiger partial charge in [0.15, 0.2) is 6.29 Å². The van der Waals surface area contributed by atoms with Crippen molar-refractivity contribution in [2.24, 2.45) is 0 Å². The van der Waals surface area contributed by atoms with E-state index in [1.807, 2.05) is 6.07 Å². The fourth-order valence-corrected chi connectivity index (χ4v) is 0.748. The van der Waals surface area contributed by atoms with E-state index in [1.165, 1.54) is 6.08 Å². The molecule has 11 heavy (non-hydrogen) atoms. The second-order valence-corrected chi connectivity index (χ2v) is 2.34. The van der Waals surface area contributed by atoms with Crippen LogP contribution in [0.25, 0.3) is 6.08 Å². The molecule has 1 rings (SSSR count). The number of allylic oxidation sites excluding steroid dienone is 1. The average Bonchev–Trinajstić information content (AvgIpc) is 2.06. The Morgan fingerprint density at radius 2 is 2.36 bits per heavy atom. The van der Waals surface area contributed by atoms with Crippen LogP contribution in [0.5, 0.6) is 0 Å².